The van der Waals surface area contributed by atoms with Gasteiger partial charge in [0, 0.05) is 17.4 Å². The molecule has 0 bridgehead atoms. The van der Waals surface area contributed by atoms with Gasteiger partial charge in [0.2, 0.25) is 5.78 Å². The Morgan fingerprint density at radius 3 is 2.11 bits per heavy atom. The van der Waals surface area contributed by atoms with Crippen molar-refractivity contribution in [2.24, 2.45) is 17.6 Å². The van der Waals surface area contributed by atoms with Crippen molar-refractivity contribution in [3.8, 4) is 5.75 Å². The number of ketones is 2. The SMILES string of the molecule is CN(C)[C@@H]1C(O)=C(C(N)=O)C(=O)[C@@]2(O)C(O)=C3C(=O)c4c(O)cccc4[C@@](C)(O)[C@H]3C[C@@H]12.O=P(O)(O)O.[KH]. The number of phenolic OH excluding ortho intramolecular Hbond substituents is 1. The number of amides is 1. The number of primary amides is 1. The van der Waals surface area contributed by atoms with Gasteiger partial charge in [-0.15, -0.1) is 0 Å². The van der Waals surface area contributed by atoms with E-state index in [9.17, 15) is 39.9 Å². The van der Waals surface area contributed by atoms with E-state index in [0.29, 0.717) is 0 Å². The number of fused-ring (bicyclic) bond motifs is 3. The van der Waals surface area contributed by atoms with Gasteiger partial charge in [-0.2, -0.15) is 0 Å². The van der Waals surface area contributed by atoms with Gasteiger partial charge in [0.1, 0.15) is 22.8 Å². The number of rotatable bonds is 2. The van der Waals surface area contributed by atoms with E-state index < -0.39 is 82.8 Å². The van der Waals surface area contributed by atoms with E-state index in [2.05, 4.69) is 0 Å². The number of aromatic hydroxyl groups is 1. The van der Waals surface area contributed by atoms with E-state index in [-0.39, 0.29) is 68.9 Å². The molecule has 16 heteroatoms. The Kier molecular flexibility index (Phi) is 9.34. The van der Waals surface area contributed by atoms with Crippen molar-refractivity contribution in [1.82, 2.24) is 4.90 Å². The third-order valence-electron chi connectivity index (χ3n) is 7.02. The number of phenols is 1. The summed E-state index contributed by atoms with van der Waals surface area (Å²) in [6, 6.07) is 3.05. The molecule has 0 saturated carbocycles. The molecule has 0 spiro atoms. The Morgan fingerprint density at radius 2 is 1.63 bits per heavy atom. The van der Waals surface area contributed by atoms with Crippen molar-refractivity contribution in [3.05, 3.63) is 52.0 Å². The molecule has 5 atom stereocenters. The second-order valence-electron chi connectivity index (χ2n) is 9.48. The van der Waals surface area contributed by atoms with Crippen LogP contribution in [0.1, 0.15) is 29.3 Å². The summed E-state index contributed by atoms with van der Waals surface area (Å²) in [5.74, 6) is -7.89. The van der Waals surface area contributed by atoms with Gasteiger partial charge in [-0.25, -0.2) is 4.57 Å². The summed E-state index contributed by atoms with van der Waals surface area (Å²) in [6.45, 7) is 1.40. The van der Waals surface area contributed by atoms with Crippen LogP contribution in [-0.2, 0) is 19.8 Å². The molecule has 10 N–H and O–H groups in total. The molecule has 4 rings (SSSR count). The number of benzene rings is 1. The number of hydrogen-bond acceptors (Lipinski definition) is 10. The van der Waals surface area contributed by atoms with Crippen molar-refractivity contribution < 1.29 is 59.2 Å². The molecule has 0 aliphatic heterocycles. The Morgan fingerprint density at radius 1 is 1.11 bits per heavy atom. The number of Topliss-reactive ketones (excluding diaryl/α,β-unsaturated/α-hetero) is 2. The van der Waals surface area contributed by atoms with Crippen molar-refractivity contribution in [3.63, 3.8) is 0 Å². The minimum absolute atomic E-state index is 0. The van der Waals surface area contributed by atoms with Crippen LogP contribution in [0.3, 0.4) is 0 Å². The number of carbonyl (C=O) groups is 3. The third-order valence-corrected chi connectivity index (χ3v) is 7.02. The Bertz CT molecular complexity index is 1310. The number of likely N-dealkylation sites (N-methyl/N-ethyl adjacent to an activating group) is 1. The molecule has 0 saturated heterocycles. The molecule has 1 amide bonds. The predicted octanol–water partition coefficient (Wildman–Crippen LogP) is -1.79. The van der Waals surface area contributed by atoms with E-state index in [1.165, 1.54) is 44.1 Å². The van der Waals surface area contributed by atoms with Crippen molar-refractivity contribution in [2.75, 3.05) is 14.1 Å². The standard InChI is InChI=1S/C22H24N2O8.K.H3O4P.H/c1-21(31)8-5-4-6-11(25)12(8)16(26)13-9(21)7-10-15(24(2)3)17(27)14(20(23)30)19(29)22(10,32)18(13)28;;1-5(2,3)4;/h4-6,9-10,15,25,27-28,31-32H,7H2,1-3H3,(H2,23,30);;(H3,1,2,3,4);/t9-,10-,15-,21+,22-;;;/m0.../s1. The summed E-state index contributed by atoms with van der Waals surface area (Å²) >= 11 is 0. The molecule has 1 aromatic rings. The summed E-state index contributed by atoms with van der Waals surface area (Å²) in [4.78, 5) is 61.4. The van der Waals surface area contributed by atoms with Gasteiger partial charge >= 0.3 is 59.2 Å². The van der Waals surface area contributed by atoms with Crippen LogP contribution in [-0.4, -0.2) is 140 Å². The zero-order valence-corrected chi connectivity index (χ0v) is 20.7. The molecule has 0 aromatic heterocycles. The monoisotopic (exact) mass is 582 g/mol. The summed E-state index contributed by atoms with van der Waals surface area (Å²) < 4.78 is 8.88. The van der Waals surface area contributed by atoms with E-state index in [1.807, 2.05) is 0 Å². The zero-order chi connectivity index (χ0) is 28.4. The Balaban J connectivity index is 0.000000774. The van der Waals surface area contributed by atoms with Crippen molar-refractivity contribution in [1.29, 1.82) is 0 Å². The normalized spacial score (nSPS) is 30.5. The first kappa shape index (κ1) is 32.7. The molecule has 0 unspecified atom stereocenters. The maximum atomic E-state index is 13.3. The van der Waals surface area contributed by atoms with E-state index in [0.717, 1.165) is 0 Å². The van der Waals surface area contributed by atoms with Gasteiger partial charge in [-0.3, -0.25) is 19.3 Å². The number of nitrogens with zero attached hydrogens (tertiary/aromatic N) is 1. The van der Waals surface area contributed by atoms with Crippen LogP contribution in [0.2, 0.25) is 0 Å². The fourth-order valence-electron chi connectivity index (χ4n) is 5.51. The second-order valence-corrected chi connectivity index (χ2v) is 10.5. The van der Waals surface area contributed by atoms with Gasteiger partial charge in [-0.05, 0) is 39.1 Å². The first-order chi connectivity index (χ1) is 16.8. The van der Waals surface area contributed by atoms with E-state index in [1.54, 1.807) is 0 Å². The topological polar surface area (TPSA) is 259 Å². The molecule has 3 aliphatic carbocycles. The molecule has 204 valence electrons. The summed E-state index contributed by atoms with van der Waals surface area (Å²) in [5, 5.41) is 55.0. The predicted molar refractivity (Wildman–Crippen MR) is 131 cm³/mol. The molecule has 1 aromatic carbocycles. The fourth-order valence-corrected chi connectivity index (χ4v) is 5.51. The van der Waals surface area contributed by atoms with Crippen LogP contribution in [0.15, 0.2) is 40.9 Å². The van der Waals surface area contributed by atoms with Crippen LogP contribution in [0.25, 0.3) is 0 Å². The summed E-state index contributed by atoms with van der Waals surface area (Å²) in [6.07, 6.45) is -0.200. The van der Waals surface area contributed by atoms with Crippen molar-refractivity contribution in [2.45, 2.75) is 30.6 Å². The van der Waals surface area contributed by atoms with Crippen LogP contribution in [0.4, 0.5) is 0 Å². The summed E-state index contributed by atoms with van der Waals surface area (Å²) in [7, 11) is -1.58. The van der Waals surface area contributed by atoms with Gasteiger partial charge in [0.05, 0.1) is 17.2 Å². The molecule has 14 nitrogen and oxygen atoms in total. The number of phosphoric acid groups is 1. The van der Waals surface area contributed by atoms with Crippen LogP contribution in [0.5, 0.6) is 5.75 Å². The fraction of sp³-hybridized carbons (Fsp3) is 0.409. The first-order valence-electron chi connectivity index (χ1n) is 10.8. The quantitative estimate of drug-likeness (QED) is 0.106. The van der Waals surface area contributed by atoms with Crippen molar-refractivity contribution >= 4 is 76.7 Å². The number of aliphatic hydroxyl groups is 4. The zero-order valence-electron chi connectivity index (χ0n) is 19.9. The molecule has 38 heavy (non-hydrogen) atoms. The summed E-state index contributed by atoms with van der Waals surface area (Å²) in [5.41, 5.74) is -0.654. The first-order valence-corrected chi connectivity index (χ1v) is 12.3. The minimum atomic E-state index is -4.64. The number of carbonyl (C=O) groups excluding carboxylic acids is 3. The van der Waals surface area contributed by atoms with E-state index >= 15 is 0 Å². The van der Waals surface area contributed by atoms with Gasteiger partial charge < -0.3 is 45.9 Å². The third kappa shape index (κ3) is 5.19. The molecule has 0 radical (unpaired) electrons. The van der Waals surface area contributed by atoms with Gasteiger partial charge in [0.15, 0.2) is 11.4 Å². The Hall–Kier alpha value is -1.46. The van der Waals surface area contributed by atoms with Crippen LogP contribution in [0, 0.1) is 11.8 Å². The van der Waals surface area contributed by atoms with E-state index in [4.69, 9.17) is 25.0 Å². The number of aliphatic hydroxyl groups excluding tert-OH is 2. The van der Waals surface area contributed by atoms with Gasteiger partial charge in [-0.1, -0.05) is 12.1 Å². The number of nitrogens with two attached hydrogens (primary N) is 1. The molecular formula is C22H28KN2O12P. The van der Waals surface area contributed by atoms with Crippen LogP contribution < -0.4 is 5.73 Å². The Labute approximate surface area is 258 Å². The average molecular weight is 583 g/mol. The van der Waals surface area contributed by atoms with Crippen LogP contribution >= 0.6 is 7.82 Å². The number of hydrogen-bond donors (Lipinski definition) is 9. The maximum absolute atomic E-state index is 13.3. The molecule has 0 heterocycles. The second kappa shape index (κ2) is 10.8. The molecular weight excluding hydrogens is 554 g/mol. The molecule has 0 fully saturated rings. The average Bonchev–Trinajstić information content (AvgIpc) is 2.73. The van der Waals surface area contributed by atoms with Gasteiger partial charge in [0.25, 0.3) is 5.91 Å². The molecule has 3 aliphatic rings.